The van der Waals surface area contributed by atoms with Crippen LogP contribution in [-0.2, 0) is 4.84 Å². The zero-order valence-corrected chi connectivity index (χ0v) is 8.99. The van der Waals surface area contributed by atoms with Crippen molar-refractivity contribution < 1.29 is 4.84 Å². The first-order valence-corrected chi connectivity index (χ1v) is 5.26. The fourth-order valence-electron chi connectivity index (χ4n) is 2.23. The van der Waals surface area contributed by atoms with Gasteiger partial charge in [-0.2, -0.15) is 0 Å². The van der Waals surface area contributed by atoms with E-state index in [-0.39, 0.29) is 6.10 Å². The molecule has 1 saturated heterocycles. The van der Waals surface area contributed by atoms with E-state index in [1.807, 2.05) is 6.92 Å². The Balaban J connectivity index is 2.39. The first kappa shape index (κ1) is 11.0. The number of nitrogens with two attached hydrogens (primary N) is 1. The molecule has 2 N–H and O–H groups in total. The minimum Gasteiger partial charge on any atom is -0.302 e. The van der Waals surface area contributed by atoms with Crippen molar-refractivity contribution in [3.63, 3.8) is 0 Å². The van der Waals surface area contributed by atoms with Crippen LogP contribution in [0.1, 0.15) is 40.0 Å². The van der Waals surface area contributed by atoms with Gasteiger partial charge in [-0.1, -0.05) is 0 Å². The van der Waals surface area contributed by atoms with Gasteiger partial charge in [-0.15, -0.1) is 0 Å². The molecule has 3 heteroatoms. The Morgan fingerprint density at radius 1 is 1.46 bits per heavy atom. The van der Waals surface area contributed by atoms with Crippen LogP contribution in [0.15, 0.2) is 0 Å². The van der Waals surface area contributed by atoms with Gasteiger partial charge in [0.2, 0.25) is 0 Å². The van der Waals surface area contributed by atoms with Crippen LogP contribution < -0.4 is 5.90 Å². The summed E-state index contributed by atoms with van der Waals surface area (Å²) in [7, 11) is 0. The summed E-state index contributed by atoms with van der Waals surface area (Å²) in [6.45, 7) is 7.79. The van der Waals surface area contributed by atoms with Crippen LogP contribution in [0.4, 0.5) is 0 Å². The van der Waals surface area contributed by atoms with Crippen molar-refractivity contribution in [2.75, 3.05) is 6.54 Å². The molecule has 1 rings (SSSR count). The molecule has 0 aromatic rings. The molecule has 0 spiro atoms. The molecule has 0 aromatic carbocycles. The Hall–Kier alpha value is -0.120. The van der Waals surface area contributed by atoms with Crippen LogP contribution in [0.2, 0.25) is 0 Å². The third kappa shape index (κ3) is 2.93. The maximum absolute atomic E-state index is 5.15. The lowest BCUT2D eigenvalue weighted by molar-refractivity contribution is 0.0380. The van der Waals surface area contributed by atoms with Gasteiger partial charge in [-0.25, -0.2) is 5.90 Å². The molecular weight excluding hydrogens is 164 g/mol. The topological polar surface area (TPSA) is 38.5 Å². The molecule has 78 valence electrons. The molecule has 0 radical (unpaired) electrons. The van der Waals surface area contributed by atoms with Crippen molar-refractivity contribution >= 4 is 0 Å². The second-order valence-corrected chi connectivity index (χ2v) is 4.31. The summed E-state index contributed by atoms with van der Waals surface area (Å²) < 4.78 is 0. The molecule has 1 heterocycles. The van der Waals surface area contributed by atoms with Crippen molar-refractivity contribution in [2.24, 2.45) is 5.90 Å². The molecule has 0 saturated carbocycles. The number of nitrogens with zero attached hydrogens (tertiary/aromatic N) is 1. The highest BCUT2D eigenvalue weighted by Gasteiger charge is 2.27. The molecule has 13 heavy (non-hydrogen) atoms. The molecule has 1 fully saturated rings. The van der Waals surface area contributed by atoms with E-state index >= 15 is 0 Å². The third-order valence-corrected chi connectivity index (χ3v) is 2.92. The van der Waals surface area contributed by atoms with Gasteiger partial charge in [-0.05, 0) is 46.6 Å². The standard InChI is InChI=1S/C10H22N2O/c1-8(2)12-6-4-5-10(12)7-9(3)13-11/h8-10H,4-7,11H2,1-3H3. The molecule has 0 amide bonds. The van der Waals surface area contributed by atoms with Crippen molar-refractivity contribution in [3.05, 3.63) is 0 Å². The zero-order valence-electron chi connectivity index (χ0n) is 8.99. The quantitative estimate of drug-likeness (QED) is 0.677. The van der Waals surface area contributed by atoms with E-state index in [9.17, 15) is 0 Å². The van der Waals surface area contributed by atoms with Crippen LogP contribution in [0.25, 0.3) is 0 Å². The normalized spacial score (nSPS) is 27.0. The van der Waals surface area contributed by atoms with E-state index in [0.717, 1.165) is 6.42 Å². The van der Waals surface area contributed by atoms with Crippen LogP contribution in [0, 0.1) is 0 Å². The van der Waals surface area contributed by atoms with Gasteiger partial charge in [-0.3, -0.25) is 4.90 Å². The van der Waals surface area contributed by atoms with Crippen molar-refractivity contribution in [2.45, 2.75) is 58.2 Å². The van der Waals surface area contributed by atoms with E-state index in [1.165, 1.54) is 19.4 Å². The molecule has 1 aliphatic heterocycles. The number of hydrogen-bond acceptors (Lipinski definition) is 3. The van der Waals surface area contributed by atoms with Crippen LogP contribution >= 0.6 is 0 Å². The fraction of sp³-hybridized carbons (Fsp3) is 1.00. The van der Waals surface area contributed by atoms with E-state index in [2.05, 4.69) is 18.7 Å². The van der Waals surface area contributed by atoms with Gasteiger partial charge in [0.05, 0.1) is 6.10 Å². The highest BCUT2D eigenvalue weighted by molar-refractivity contribution is 4.82. The third-order valence-electron chi connectivity index (χ3n) is 2.92. The van der Waals surface area contributed by atoms with Gasteiger partial charge in [0.15, 0.2) is 0 Å². The van der Waals surface area contributed by atoms with E-state index in [1.54, 1.807) is 0 Å². The summed E-state index contributed by atoms with van der Waals surface area (Å²) in [5.74, 6) is 5.15. The maximum Gasteiger partial charge on any atom is 0.0774 e. The first-order chi connectivity index (χ1) is 6.15. The highest BCUT2D eigenvalue weighted by Crippen LogP contribution is 2.23. The Morgan fingerprint density at radius 2 is 2.15 bits per heavy atom. The molecule has 0 aliphatic carbocycles. The summed E-state index contributed by atoms with van der Waals surface area (Å²) in [5.41, 5.74) is 0. The molecular formula is C10H22N2O. The monoisotopic (exact) mass is 186 g/mol. The predicted octanol–water partition coefficient (Wildman–Crippen LogP) is 1.53. The average molecular weight is 186 g/mol. The molecule has 0 bridgehead atoms. The second kappa shape index (κ2) is 4.94. The summed E-state index contributed by atoms with van der Waals surface area (Å²) in [4.78, 5) is 7.36. The minimum atomic E-state index is 0.185. The Morgan fingerprint density at radius 3 is 2.69 bits per heavy atom. The highest BCUT2D eigenvalue weighted by atomic mass is 16.6. The summed E-state index contributed by atoms with van der Waals surface area (Å²) in [6, 6.07) is 1.33. The number of rotatable bonds is 4. The van der Waals surface area contributed by atoms with E-state index in [4.69, 9.17) is 10.7 Å². The predicted molar refractivity (Wildman–Crippen MR) is 54.2 cm³/mol. The minimum absolute atomic E-state index is 0.185. The Labute approximate surface area is 81.2 Å². The van der Waals surface area contributed by atoms with Gasteiger partial charge in [0, 0.05) is 12.1 Å². The van der Waals surface area contributed by atoms with Gasteiger partial charge in [0.25, 0.3) is 0 Å². The Bertz CT molecular complexity index is 150. The summed E-state index contributed by atoms with van der Waals surface area (Å²) in [5, 5.41) is 0. The van der Waals surface area contributed by atoms with Crippen LogP contribution in [0.5, 0.6) is 0 Å². The van der Waals surface area contributed by atoms with E-state index in [0.29, 0.717) is 12.1 Å². The fourth-order valence-corrected chi connectivity index (χ4v) is 2.23. The van der Waals surface area contributed by atoms with Crippen LogP contribution in [0.3, 0.4) is 0 Å². The lowest BCUT2D eigenvalue weighted by atomic mass is 10.1. The lowest BCUT2D eigenvalue weighted by Gasteiger charge is -2.29. The molecule has 3 nitrogen and oxygen atoms in total. The maximum atomic E-state index is 5.15. The number of likely N-dealkylation sites (tertiary alicyclic amines) is 1. The molecule has 2 unspecified atom stereocenters. The summed E-state index contributed by atoms with van der Waals surface area (Å²) in [6.07, 6.45) is 3.87. The lowest BCUT2D eigenvalue weighted by Crippen LogP contribution is -2.37. The SMILES string of the molecule is CC(CC1CCCN1C(C)C)ON. The largest absolute Gasteiger partial charge is 0.302 e. The van der Waals surface area contributed by atoms with Gasteiger partial charge >= 0.3 is 0 Å². The number of hydrogen-bond donors (Lipinski definition) is 1. The van der Waals surface area contributed by atoms with Gasteiger partial charge in [0.1, 0.15) is 0 Å². The molecule has 1 aliphatic rings. The van der Waals surface area contributed by atoms with E-state index < -0.39 is 0 Å². The zero-order chi connectivity index (χ0) is 9.84. The van der Waals surface area contributed by atoms with Crippen molar-refractivity contribution in [3.8, 4) is 0 Å². The van der Waals surface area contributed by atoms with Crippen molar-refractivity contribution in [1.29, 1.82) is 0 Å². The summed E-state index contributed by atoms with van der Waals surface area (Å²) >= 11 is 0. The molecule has 0 aromatic heterocycles. The van der Waals surface area contributed by atoms with Crippen LogP contribution in [-0.4, -0.2) is 29.6 Å². The Kier molecular flexibility index (Phi) is 4.16. The molecule has 2 atom stereocenters. The average Bonchev–Trinajstić information content (AvgIpc) is 2.52. The first-order valence-electron chi connectivity index (χ1n) is 5.26. The smallest absolute Gasteiger partial charge is 0.0774 e. The second-order valence-electron chi connectivity index (χ2n) is 4.31. The van der Waals surface area contributed by atoms with Crippen molar-refractivity contribution in [1.82, 2.24) is 4.90 Å². The van der Waals surface area contributed by atoms with Gasteiger partial charge < -0.3 is 4.84 Å².